The molecule has 22 heavy (non-hydrogen) atoms. The summed E-state index contributed by atoms with van der Waals surface area (Å²) in [5.41, 5.74) is 0.431. The third kappa shape index (κ3) is 2.55. The number of rotatable bonds is 3. The Hall–Kier alpha value is -2.41. The Morgan fingerprint density at radius 3 is 2.50 bits per heavy atom. The van der Waals surface area contributed by atoms with E-state index < -0.39 is 11.6 Å². The Balaban J connectivity index is 1.79. The van der Waals surface area contributed by atoms with Gasteiger partial charge >= 0.3 is 6.03 Å². The van der Waals surface area contributed by atoms with Crippen molar-refractivity contribution in [2.45, 2.75) is 25.9 Å². The average molecular weight is 320 g/mol. The molecule has 0 unspecified atom stereocenters. The molecule has 2 heterocycles. The quantitative estimate of drug-likeness (QED) is 0.874. The topological polar surface area (TPSA) is 80.1 Å². The van der Waals surface area contributed by atoms with E-state index in [9.17, 15) is 9.59 Å². The van der Waals surface area contributed by atoms with E-state index in [0.717, 1.165) is 10.6 Å². The van der Waals surface area contributed by atoms with Crippen molar-refractivity contribution in [1.82, 2.24) is 25.2 Å². The van der Waals surface area contributed by atoms with E-state index in [1.54, 1.807) is 49.0 Å². The summed E-state index contributed by atoms with van der Waals surface area (Å²) in [6.07, 6.45) is 1.68. The number of nitrogens with one attached hydrogen (secondary N) is 1. The fourth-order valence-corrected chi connectivity index (χ4v) is 2.34. The van der Waals surface area contributed by atoms with Crippen molar-refractivity contribution in [3.63, 3.8) is 0 Å². The second kappa shape index (κ2) is 5.10. The summed E-state index contributed by atoms with van der Waals surface area (Å²) in [7, 11) is 0. The van der Waals surface area contributed by atoms with Crippen LogP contribution in [0.2, 0.25) is 5.02 Å². The van der Waals surface area contributed by atoms with Crippen molar-refractivity contribution in [3.05, 3.63) is 41.2 Å². The maximum Gasteiger partial charge on any atom is 0.325 e. The minimum atomic E-state index is -0.886. The molecular weight excluding hydrogens is 306 g/mol. The summed E-state index contributed by atoms with van der Waals surface area (Å²) in [6, 6.07) is 6.68. The molecule has 1 saturated heterocycles. The molecule has 0 atom stereocenters. The molecule has 1 fully saturated rings. The van der Waals surface area contributed by atoms with E-state index in [0.29, 0.717) is 10.7 Å². The lowest BCUT2D eigenvalue weighted by Crippen LogP contribution is -2.40. The van der Waals surface area contributed by atoms with E-state index in [-0.39, 0.29) is 12.5 Å². The Morgan fingerprint density at radius 2 is 1.91 bits per heavy atom. The van der Waals surface area contributed by atoms with Crippen LogP contribution in [0.3, 0.4) is 0 Å². The Labute approximate surface area is 131 Å². The molecule has 0 aliphatic carbocycles. The predicted octanol–water partition coefficient (Wildman–Crippen LogP) is 1.75. The van der Waals surface area contributed by atoms with Gasteiger partial charge < -0.3 is 5.32 Å². The molecule has 8 heteroatoms. The van der Waals surface area contributed by atoms with Crippen molar-refractivity contribution in [1.29, 1.82) is 0 Å². The van der Waals surface area contributed by atoms with Gasteiger partial charge in [0.1, 0.15) is 11.2 Å². The second-order valence-electron chi connectivity index (χ2n) is 5.58. The molecule has 2 aromatic rings. The fourth-order valence-electron chi connectivity index (χ4n) is 2.21. The second-order valence-corrected chi connectivity index (χ2v) is 6.01. The van der Waals surface area contributed by atoms with Crippen LogP contribution in [0.25, 0.3) is 5.69 Å². The van der Waals surface area contributed by atoms with Crippen LogP contribution in [0.5, 0.6) is 0 Å². The highest BCUT2D eigenvalue weighted by molar-refractivity contribution is 6.30. The van der Waals surface area contributed by atoms with Gasteiger partial charge in [-0.05, 0) is 38.1 Å². The number of imide groups is 1. The summed E-state index contributed by atoms with van der Waals surface area (Å²) in [5.74, 6) is -0.279. The number of carbonyl (C=O) groups is 2. The summed E-state index contributed by atoms with van der Waals surface area (Å²) < 4.78 is 1.56. The first-order chi connectivity index (χ1) is 10.4. The SMILES string of the molecule is CC1(C)NC(=O)N(Cc2cn(-c3ccc(Cl)cc3)nn2)C1=O. The first-order valence-electron chi connectivity index (χ1n) is 6.68. The van der Waals surface area contributed by atoms with Gasteiger partial charge in [0.05, 0.1) is 18.4 Å². The lowest BCUT2D eigenvalue weighted by molar-refractivity contribution is -0.130. The molecular formula is C14H14ClN5O2. The maximum atomic E-state index is 12.1. The van der Waals surface area contributed by atoms with Crippen LogP contribution in [-0.4, -0.2) is 37.4 Å². The lowest BCUT2D eigenvalue weighted by atomic mass is 10.1. The number of nitrogens with zero attached hydrogens (tertiary/aromatic N) is 4. The number of carbonyl (C=O) groups excluding carboxylic acids is 2. The Morgan fingerprint density at radius 1 is 1.23 bits per heavy atom. The van der Waals surface area contributed by atoms with Gasteiger partial charge in [-0.3, -0.25) is 9.69 Å². The maximum absolute atomic E-state index is 12.1. The van der Waals surface area contributed by atoms with Crippen LogP contribution >= 0.6 is 11.6 Å². The van der Waals surface area contributed by atoms with Crippen molar-refractivity contribution in [2.24, 2.45) is 0 Å². The van der Waals surface area contributed by atoms with Gasteiger partial charge in [0, 0.05) is 5.02 Å². The molecule has 114 valence electrons. The van der Waals surface area contributed by atoms with Crippen LogP contribution in [-0.2, 0) is 11.3 Å². The zero-order valence-corrected chi connectivity index (χ0v) is 12.8. The Bertz CT molecular complexity index is 738. The number of amides is 3. The van der Waals surface area contributed by atoms with Crippen LogP contribution in [0.4, 0.5) is 4.79 Å². The zero-order valence-electron chi connectivity index (χ0n) is 12.1. The van der Waals surface area contributed by atoms with E-state index in [4.69, 9.17) is 11.6 Å². The largest absolute Gasteiger partial charge is 0.325 e. The van der Waals surface area contributed by atoms with Gasteiger partial charge in [-0.1, -0.05) is 16.8 Å². The molecule has 1 aliphatic rings. The van der Waals surface area contributed by atoms with E-state index in [1.807, 2.05) is 0 Å². The molecule has 7 nitrogen and oxygen atoms in total. The molecule has 0 bridgehead atoms. The summed E-state index contributed by atoms with van der Waals surface area (Å²) >= 11 is 5.84. The number of aromatic nitrogens is 3. The third-order valence-corrected chi connectivity index (χ3v) is 3.65. The van der Waals surface area contributed by atoms with Crippen molar-refractivity contribution in [2.75, 3.05) is 0 Å². The monoisotopic (exact) mass is 319 g/mol. The van der Waals surface area contributed by atoms with Gasteiger partial charge in [0.25, 0.3) is 5.91 Å². The lowest BCUT2D eigenvalue weighted by Gasteiger charge is -2.14. The van der Waals surface area contributed by atoms with Crippen LogP contribution < -0.4 is 5.32 Å². The average Bonchev–Trinajstić information content (AvgIpc) is 2.99. The summed E-state index contributed by atoms with van der Waals surface area (Å²) in [5, 5.41) is 11.3. The molecule has 0 radical (unpaired) electrons. The van der Waals surface area contributed by atoms with E-state index >= 15 is 0 Å². The molecule has 0 saturated carbocycles. The van der Waals surface area contributed by atoms with Crippen LogP contribution in [0.15, 0.2) is 30.5 Å². The first kappa shape index (κ1) is 14.5. The molecule has 1 aromatic heterocycles. The van der Waals surface area contributed by atoms with Gasteiger partial charge in [-0.15, -0.1) is 5.10 Å². The molecule has 1 N–H and O–H groups in total. The van der Waals surface area contributed by atoms with Gasteiger partial charge in [0.15, 0.2) is 0 Å². The summed E-state index contributed by atoms with van der Waals surface area (Å²) in [4.78, 5) is 25.1. The van der Waals surface area contributed by atoms with E-state index in [1.165, 1.54) is 0 Å². The number of benzene rings is 1. The Kier molecular flexibility index (Phi) is 3.37. The fraction of sp³-hybridized carbons (Fsp3) is 0.286. The molecule has 1 aromatic carbocycles. The predicted molar refractivity (Wildman–Crippen MR) is 79.5 cm³/mol. The van der Waals surface area contributed by atoms with Gasteiger partial charge in [-0.2, -0.15) is 0 Å². The highest BCUT2D eigenvalue weighted by Gasteiger charge is 2.44. The van der Waals surface area contributed by atoms with Gasteiger partial charge in [0.2, 0.25) is 0 Å². The number of hydrogen-bond acceptors (Lipinski definition) is 4. The van der Waals surface area contributed by atoms with Crippen LogP contribution in [0.1, 0.15) is 19.5 Å². The molecule has 0 spiro atoms. The number of urea groups is 1. The van der Waals surface area contributed by atoms with Gasteiger partial charge in [-0.25, -0.2) is 9.48 Å². The summed E-state index contributed by atoms with van der Waals surface area (Å²) in [6.45, 7) is 3.41. The number of hydrogen-bond donors (Lipinski definition) is 1. The van der Waals surface area contributed by atoms with Crippen molar-refractivity contribution in [3.8, 4) is 5.69 Å². The zero-order chi connectivity index (χ0) is 15.9. The molecule has 3 amide bonds. The normalized spacial score (nSPS) is 17.0. The highest BCUT2D eigenvalue weighted by atomic mass is 35.5. The van der Waals surface area contributed by atoms with Crippen LogP contribution in [0, 0.1) is 0 Å². The minimum Gasteiger partial charge on any atom is -0.324 e. The standard InChI is InChI=1S/C14H14ClN5O2/c1-14(2)12(21)19(13(22)16-14)7-10-8-20(18-17-10)11-5-3-9(15)4-6-11/h3-6,8H,7H2,1-2H3,(H,16,22). The van der Waals surface area contributed by atoms with Crippen molar-refractivity contribution >= 4 is 23.5 Å². The van der Waals surface area contributed by atoms with E-state index in [2.05, 4.69) is 15.6 Å². The minimum absolute atomic E-state index is 0.0850. The smallest absolute Gasteiger partial charge is 0.324 e. The first-order valence-corrected chi connectivity index (χ1v) is 7.06. The molecule has 3 rings (SSSR count). The highest BCUT2D eigenvalue weighted by Crippen LogP contribution is 2.19. The number of halogens is 1. The third-order valence-electron chi connectivity index (χ3n) is 3.40. The van der Waals surface area contributed by atoms with Crippen molar-refractivity contribution < 1.29 is 9.59 Å². The molecule has 1 aliphatic heterocycles.